The maximum Gasteiger partial charge on any atom is 0.287 e. The molecule has 0 aromatic heterocycles. The van der Waals surface area contributed by atoms with E-state index in [4.69, 9.17) is 15.7 Å². The monoisotopic (exact) mass is 327 g/mol. The van der Waals surface area contributed by atoms with Crippen molar-refractivity contribution in [1.82, 2.24) is 0 Å². The van der Waals surface area contributed by atoms with Gasteiger partial charge in [0, 0.05) is 6.07 Å². The van der Waals surface area contributed by atoms with E-state index >= 15 is 0 Å². The van der Waals surface area contributed by atoms with Crippen molar-refractivity contribution < 1.29 is 9.66 Å². The van der Waals surface area contributed by atoms with Crippen molar-refractivity contribution in [2.75, 3.05) is 6.61 Å². The molecule has 0 saturated carbocycles. The standard InChI is InChI=1S/C12H14BrN3O3/c1-12(15,8-14)6-3-7-19-10-5-2-4-9(11(10)13)16(17)18/h2,4-5H,3,6-7,15H2,1H3. The van der Waals surface area contributed by atoms with Crippen molar-refractivity contribution in [3.05, 3.63) is 32.8 Å². The summed E-state index contributed by atoms with van der Waals surface area (Å²) in [6, 6.07) is 6.59. The van der Waals surface area contributed by atoms with E-state index in [2.05, 4.69) is 15.9 Å². The van der Waals surface area contributed by atoms with E-state index in [0.29, 0.717) is 29.7 Å². The largest absolute Gasteiger partial charge is 0.492 e. The minimum atomic E-state index is -0.872. The number of nitrogens with two attached hydrogens (primary N) is 1. The van der Waals surface area contributed by atoms with Crippen LogP contribution in [-0.2, 0) is 0 Å². The van der Waals surface area contributed by atoms with Crippen LogP contribution in [0.1, 0.15) is 19.8 Å². The maximum atomic E-state index is 10.7. The van der Waals surface area contributed by atoms with Gasteiger partial charge >= 0.3 is 0 Å². The van der Waals surface area contributed by atoms with Gasteiger partial charge in [-0.15, -0.1) is 0 Å². The molecule has 0 saturated heterocycles. The number of hydrogen-bond acceptors (Lipinski definition) is 5. The third-order valence-corrected chi connectivity index (χ3v) is 3.29. The highest BCUT2D eigenvalue weighted by molar-refractivity contribution is 9.10. The third-order valence-electron chi connectivity index (χ3n) is 2.49. The zero-order valence-electron chi connectivity index (χ0n) is 10.4. The van der Waals surface area contributed by atoms with Gasteiger partial charge in [-0.3, -0.25) is 10.1 Å². The fraction of sp³-hybridized carbons (Fsp3) is 0.417. The summed E-state index contributed by atoms with van der Waals surface area (Å²) in [5.74, 6) is 0.407. The van der Waals surface area contributed by atoms with Gasteiger partial charge in [-0.05, 0) is 41.8 Å². The van der Waals surface area contributed by atoms with Crippen LogP contribution in [0.4, 0.5) is 5.69 Å². The van der Waals surface area contributed by atoms with Gasteiger partial charge in [0.2, 0.25) is 0 Å². The summed E-state index contributed by atoms with van der Waals surface area (Å²) in [4.78, 5) is 10.3. The predicted octanol–water partition coefficient (Wildman–Crippen LogP) is 2.76. The number of ether oxygens (including phenoxy) is 1. The summed E-state index contributed by atoms with van der Waals surface area (Å²) >= 11 is 3.14. The molecule has 1 unspecified atom stereocenters. The molecule has 7 heteroatoms. The van der Waals surface area contributed by atoms with Gasteiger partial charge in [0.1, 0.15) is 15.8 Å². The lowest BCUT2D eigenvalue weighted by atomic mass is 10.00. The molecular weight excluding hydrogens is 314 g/mol. The molecule has 0 heterocycles. The minimum absolute atomic E-state index is 0.0433. The number of halogens is 1. The van der Waals surface area contributed by atoms with E-state index in [1.54, 1.807) is 19.1 Å². The number of rotatable bonds is 6. The maximum absolute atomic E-state index is 10.7. The van der Waals surface area contributed by atoms with E-state index < -0.39 is 10.5 Å². The molecule has 1 rings (SSSR count). The van der Waals surface area contributed by atoms with Crippen molar-refractivity contribution >= 4 is 21.6 Å². The van der Waals surface area contributed by atoms with E-state index in [0.717, 1.165) is 0 Å². The molecule has 0 amide bonds. The molecule has 0 aliphatic carbocycles. The van der Waals surface area contributed by atoms with Crippen molar-refractivity contribution in [2.24, 2.45) is 5.73 Å². The van der Waals surface area contributed by atoms with E-state index in [1.807, 2.05) is 6.07 Å². The smallest absolute Gasteiger partial charge is 0.287 e. The number of nitro benzene ring substituents is 1. The van der Waals surface area contributed by atoms with Gasteiger partial charge in [-0.25, -0.2) is 0 Å². The van der Waals surface area contributed by atoms with Crippen LogP contribution in [0.2, 0.25) is 0 Å². The number of nitrogens with zero attached hydrogens (tertiary/aromatic N) is 2. The van der Waals surface area contributed by atoms with Crippen LogP contribution in [0.25, 0.3) is 0 Å². The van der Waals surface area contributed by atoms with Crippen LogP contribution in [0, 0.1) is 21.4 Å². The lowest BCUT2D eigenvalue weighted by Gasteiger charge is -2.15. The molecule has 1 aromatic carbocycles. The lowest BCUT2D eigenvalue weighted by molar-refractivity contribution is -0.385. The molecule has 1 atom stereocenters. The van der Waals surface area contributed by atoms with Gasteiger partial charge < -0.3 is 10.5 Å². The quantitative estimate of drug-likeness (QED) is 0.491. The molecular formula is C12H14BrN3O3. The molecule has 0 spiro atoms. The van der Waals surface area contributed by atoms with Crippen LogP contribution < -0.4 is 10.5 Å². The van der Waals surface area contributed by atoms with Crippen LogP contribution in [0.5, 0.6) is 5.75 Å². The SMILES string of the molecule is CC(N)(C#N)CCCOc1cccc([N+](=O)[O-])c1Br. The number of nitriles is 1. The van der Waals surface area contributed by atoms with Crippen molar-refractivity contribution in [2.45, 2.75) is 25.3 Å². The minimum Gasteiger partial charge on any atom is -0.492 e. The molecule has 102 valence electrons. The van der Waals surface area contributed by atoms with Gasteiger partial charge in [-0.2, -0.15) is 5.26 Å². The van der Waals surface area contributed by atoms with E-state index in [-0.39, 0.29) is 5.69 Å². The first-order valence-corrected chi connectivity index (χ1v) is 6.42. The summed E-state index contributed by atoms with van der Waals surface area (Å²) < 4.78 is 5.77. The van der Waals surface area contributed by atoms with Crippen molar-refractivity contribution in [3.8, 4) is 11.8 Å². The molecule has 0 radical (unpaired) electrons. The van der Waals surface area contributed by atoms with Crippen LogP contribution in [0.15, 0.2) is 22.7 Å². The van der Waals surface area contributed by atoms with Gasteiger partial charge in [-0.1, -0.05) is 6.07 Å². The Morgan fingerprint density at radius 3 is 2.89 bits per heavy atom. The fourth-order valence-corrected chi connectivity index (χ4v) is 1.95. The second-order valence-electron chi connectivity index (χ2n) is 4.33. The average Bonchev–Trinajstić information content (AvgIpc) is 2.36. The first-order chi connectivity index (χ1) is 8.87. The highest BCUT2D eigenvalue weighted by atomic mass is 79.9. The molecule has 19 heavy (non-hydrogen) atoms. The summed E-state index contributed by atoms with van der Waals surface area (Å²) in [5, 5.41) is 19.5. The topological polar surface area (TPSA) is 102 Å². The second kappa shape index (κ2) is 6.50. The highest BCUT2D eigenvalue weighted by Crippen LogP contribution is 2.33. The molecule has 0 aliphatic rings. The summed E-state index contributed by atoms with van der Waals surface area (Å²) in [7, 11) is 0. The third kappa shape index (κ3) is 4.50. The number of nitro groups is 1. The molecule has 6 nitrogen and oxygen atoms in total. The fourth-order valence-electron chi connectivity index (χ4n) is 1.43. The van der Waals surface area contributed by atoms with Gasteiger partial charge in [0.25, 0.3) is 5.69 Å². The second-order valence-corrected chi connectivity index (χ2v) is 5.12. The van der Waals surface area contributed by atoms with Crippen LogP contribution >= 0.6 is 15.9 Å². The van der Waals surface area contributed by atoms with Crippen molar-refractivity contribution in [3.63, 3.8) is 0 Å². The number of hydrogen-bond donors (Lipinski definition) is 1. The van der Waals surface area contributed by atoms with Crippen molar-refractivity contribution in [1.29, 1.82) is 5.26 Å². The van der Waals surface area contributed by atoms with Crippen LogP contribution in [0.3, 0.4) is 0 Å². The molecule has 1 aromatic rings. The Hall–Kier alpha value is -1.65. The molecule has 0 fully saturated rings. The first-order valence-electron chi connectivity index (χ1n) is 5.63. The van der Waals surface area contributed by atoms with Gasteiger partial charge in [0.15, 0.2) is 0 Å². The highest BCUT2D eigenvalue weighted by Gasteiger charge is 2.18. The zero-order valence-corrected chi connectivity index (χ0v) is 12.0. The van der Waals surface area contributed by atoms with E-state index in [1.165, 1.54) is 6.07 Å². The Balaban J connectivity index is 2.58. The Kier molecular flexibility index (Phi) is 5.27. The average molecular weight is 328 g/mol. The lowest BCUT2D eigenvalue weighted by Crippen LogP contribution is -2.34. The zero-order chi connectivity index (χ0) is 14.5. The Morgan fingerprint density at radius 1 is 1.63 bits per heavy atom. The molecule has 0 aliphatic heterocycles. The van der Waals surface area contributed by atoms with E-state index in [9.17, 15) is 10.1 Å². The Bertz CT molecular complexity index is 511. The molecule has 0 bridgehead atoms. The number of benzene rings is 1. The van der Waals surface area contributed by atoms with Gasteiger partial charge in [0.05, 0.1) is 17.6 Å². The Labute approximate surface area is 119 Å². The molecule has 2 N–H and O–H groups in total. The summed E-state index contributed by atoms with van der Waals surface area (Å²) in [6.07, 6.45) is 1.09. The normalized spacial score (nSPS) is 13.4. The predicted molar refractivity (Wildman–Crippen MR) is 73.7 cm³/mol. The summed E-state index contributed by atoms with van der Waals surface area (Å²) in [6.45, 7) is 1.99. The summed E-state index contributed by atoms with van der Waals surface area (Å²) in [5.41, 5.74) is 4.76. The van der Waals surface area contributed by atoms with Crippen LogP contribution in [-0.4, -0.2) is 17.1 Å². The Morgan fingerprint density at radius 2 is 2.32 bits per heavy atom. The first kappa shape index (κ1) is 15.4.